The number of carboxylic acids is 1. The minimum Gasteiger partial charge on any atom is -0.481 e. The van der Waals surface area contributed by atoms with E-state index in [2.05, 4.69) is 4.98 Å². The summed E-state index contributed by atoms with van der Waals surface area (Å²) in [5.74, 6) is -1.87. The van der Waals surface area contributed by atoms with E-state index in [-0.39, 0.29) is 24.2 Å². The number of aromatic amines is 1. The fourth-order valence-corrected chi connectivity index (χ4v) is 3.09. The molecule has 2 N–H and O–H groups in total. The number of amides is 1. The van der Waals surface area contributed by atoms with E-state index < -0.39 is 11.9 Å². The number of carboxylic acid groups (broad SMARTS) is 1. The van der Waals surface area contributed by atoms with Crippen LogP contribution in [-0.4, -0.2) is 40.0 Å². The Balaban J connectivity index is 1.86. The average molecular weight is 304 g/mol. The first-order valence-corrected chi connectivity index (χ1v) is 7.24. The molecule has 1 aromatic carbocycles. The second-order valence-corrected chi connectivity index (χ2v) is 6.00. The van der Waals surface area contributed by atoms with Gasteiger partial charge in [-0.15, -0.1) is 0 Å². The number of nitrogens with one attached hydrogen (secondary N) is 1. The topological polar surface area (TPSA) is 73.4 Å². The van der Waals surface area contributed by atoms with E-state index in [9.17, 15) is 19.1 Å². The molecule has 0 radical (unpaired) electrons. The maximum absolute atomic E-state index is 13.2. The molecule has 1 aliphatic heterocycles. The lowest BCUT2D eigenvalue weighted by molar-refractivity contribution is -0.143. The molecule has 0 aliphatic carbocycles. The van der Waals surface area contributed by atoms with E-state index in [1.165, 1.54) is 12.1 Å². The van der Waals surface area contributed by atoms with Crippen LogP contribution >= 0.6 is 0 Å². The number of piperidine rings is 1. The van der Waals surface area contributed by atoms with E-state index in [4.69, 9.17) is 0 Å². The first kappa shape index (κ1) is 14.6. The molecule has 22 heavy (non-hydrogen) atoms. The van der Waals surface area contributed by atoms with Gasteiger partial charge in [0.25, 0.3) is 5.91 Å². The molecule has 2 atom stereocenters. The molecule has 1 fully saturated rings. The number of hydrogen-bond donors (Lipinski definition) is 2. The summed E-state index contributed by atoms with van der Waals surface area (Å²) in [6.07, 6.45) is 0.580. The number of H-pyrrole nitrogens is 1. The molecule has 2 unspecified atom stereocenters. The molecular weight excluding hydrogens is 287 g/mol. The summed E-state index contributed by atoms with van der Waals surface area (Å²) in [5, 5.41) is 9.81. The first-order chi connectivity index (χ1) is 10.4. The quantitative estimate of drug-likeness (QED) is 0.895. The van der Waals surface area contributed by atoms with Crippen molar-refractivity contribution in [1.82, 2.24) is 9.88 Å². The predicted octanol–water partition coefficient (Wildman–Crippen LogP) is 2.49. The maximum atomic E-state index is 13.2. The van der Waals surface area contributed by atoms with Crippen molar-refractivity contribution in [3.8, 4) is 0 Å². The molecular formula is C16H17FN2O3. The lowest BCUT2D eigenvalue weighted by Crippen LogP contribution is -2.45. The number of carbonyl (C=O) groups is 2. The molecule has 1 amide bonds. The predicted molar refractivity (Wildman–Crippen MR) is 79.1 cm³/mol. The number of aliphatic carboxylic acids is 1. The van der Waals surface area contributed by atoms with Gasteiger partial charge in [0, 0.05) is 24.0 Å². The summed E-state index contributed by atoms with van der Waals surface area (Å²) in [6, 6.07) is 5.88. The Bertz CT molecular complexity index is 740. The molecule has 1 aromatic heterocycles. The van der Waals surface area contributed by atoms with E-state index in [0.29, 0.717) is 29.6 Å². The third-order valence-corrected chi connectivity index (χ3v) is 4.11. The number of likely N-dealkylation sites (tertiary alicyclic amines) is 1. The van der Waals surface area contributed by atoms with Crippen LogP contribution in [0.5, 0.6) is 0 Å². The van der Waals surface area contributed by atoms with Gasteiger partial charge in [-0.2, -0.15) is 0 Å². The number of aromatic nitrogens is 1. The van der Waals surface area contributed by atoms with Gasteiger partial charge >= 0.3 is 5.97 Å². The highest BCUT2D eigenvalue weighted by molar-refractivity contribution is 5.98. The van der Waals surface area contributed by atoms with E-state index in [0.717, 1.165) is 0 Å². The van der Waals surface area contributed by atoms with Gasteiger partial charge in [-0.25, -0.2) is 4.39 Å². The zero-order valence-electron chi connectivity index (χ0n) is 12.2. The Morgan fingerprint density at radius 3 is 2.82 bits per heavy atom. The Hall–Kier alpha value is -2.37. The number of benzene rings is 1. The molecule has 1 saturated heterocycles. The van der Waals surface area contributed by atoms with Crippen LogP contribution in [0.15, 0.2) is 24.3 Å². The SMILES string of the molecule is CC1CC(C(=O)O)CN(C(=O)c2cc3cc(F)ccc3[nH]2)C1. The fraction of sp³-hybridized carbons (Fsp3) is 0.375. The van der Waals surface area contributed by atoms with Crippen LogP contribution < -0.4 is 0 Å². The summed E-state index contributed by atoms with van der Waals surface area (Å²) in [4.78, 5) is 28.3. The van der Waals surface area contributed by atoms with Crippen molar-refractivity contribution in [2.75, 3.05) is 13.1 Å². The standard InChI is InChI=1S/C16H17FN2O3/c1-9-4-11(16(21)22)8-19(7-9)15(20)14-6-10-5-12(17)2-3-13(10)18-14/h2-3,5-6,9,11,18H,4,7-8H2,1H3,(H,21,22). The zero-order valence-corrected chi connectivity index (χ0v) is 12.2. The third-order valence-electron chi connectivity index (χ3n) is 4.11. The second-order valence-electron chi connectivity index (χ2n) is 6.00. The number of fused-ring (bicyclic) bond motifs is 1. The minimum absolute atomic E-state index is 0.139. The van der Waals surface area contributed by atoms with E-state index in [1.54, 1.807) is 17.0 Å². The summed E-state index contributed by atoms with van der Waals surface area (Å²) in [7, 11) is 0. The lowest BCUT2D eigenvalue weighted by Gasteiger charge is -2.34. The van der Waals surface area contributed by atoms with Crippen LogP contribution in [0, 0.1) is 17.7 Å². The average Bonchev–Trinajstić information content (AvgIpc) is 2.88. The van der Waals surface area contributed by atoms with Crippen LogP contribution in [0.1, 0.15) is 23.8 Å². The highest BCUT2D eigenvalue weighted by atomic mass is 19.1. The third kappa shape index (κ3) is 2.68. The molecule has 0 bridgehead atoms. The summed E-state index contributed by atoms with van der Waals surface area (Å²) in [5.41, 5.74) is 1.04. The molecule has 1 aliphatic rings. The van der Waals surface area contributed by atoms with Crippen molar-refractivity contribution in [3.05, 3.63) is 35.8 Å². The molecule has 6 heteroatoms. The zero-order chi connectivity index (χ0) is 15.9. The van der Waals surface area contributed by atoms with Crippen LogP contribution in [0.2, 0.25) is 0 Å². The molecule has 0 saturated carbocycles. The molecule has 0 spiro atoms. The number of rotatable bonds is 2. The Morgan fingerprint density at radius 2 is 2.09 bits per heavy atom. The smallest absolute Gasteiger partial charge is 0.308 e. The monoisotopic (exact) mass is 304 g/mol. The molecule has 3 rings (SSSR count). The number of nitrogens with zero attached hydrogens (tertiary/aromatic N) is 1. The van der Waals surface area contributed by atoms with Crippen molar-refractivity contribution in [1.29, 1.82) is 0 Å². The number of halogens is 1. The Morgan fingerprint density at radius 1 is 1.32 bits per heavy atom. The van der Waals surface area contributed by atoms with Crippen LogP contribution in [-0.2, 0) is 4.79 Å². The highest BCUT2D eigenvalue weighted by Gasteiger charge is 2.32. The van der Waals surface area contributed by atoms with E-state index >= 15 is 0 Å². The lowest BCUT2D eigenvalue weighted by atomic mass is 9.90. The van der Waals surface area contributed by atoms with Gasteiger partial charge in [0.05, 0.1) is 5.92 Å². The summed E-state index contributed by atoms with van der Waals surface area (Å²) < 4.78 is 13.2. The van der Waals surface area contributed by atoms with Gasteiger partial charge in [-0.1, -0.05) is 6.92 Å². The Labute approximate surface area is 126 Å². The van der Waals surface area contributed by atoms with Crippen LogP contribution in [0.4, 0.5) is 4.39 Å². The van der Waals surface area contributed by atoms with Crippen molar-refractivity contribution >= 4 is 22.8 Å². The first-order valence-electron chi connectivity index (χ1n) is 7.24. The van der Waals surface area contributed by atoms with E-state index in [1.807, 2.05) is 6.92 Å². The second kappa shape index (κ2) is 5.44. The largest absolute Gasteiger partial charge is 0.481 e. The van der Waals surface area contributed by atoms with Crippen molar-refractivity contribution in [2.45, 2.75) is 13.3 Å². The van der Waals surface area contributed by atoms with Gasteiger partial charge in [-0.05, 0) is 36.6 Å². The highest BCUT2D eigenvalue weighted by Crippen LogP contribution is 2.24. The maximum Gasteiger partial charge on any atom is 0.308 e. The van der Waals surface area contributed by atoms with Crippen molar-refractivity contribution in [3.63, 3.8) is 0 Å². The van der Waals surface area contributed by atoms with Gasteiger partial charge in [-0.3, -0.25) is 9.59 Å². The molecule has 116 valence electrons. The molecule has 2 aromatic rings. The van der Waals surface area contributed by atoms with Gasteiger partial charge < -0.3 is 15.0 Å². The van der Waals surface area contributed by atoms with Crippen molar-refractivity contribution in [2.24, 2.45) is 11.8 Å². The molecule has 5 nitrogen and oxygen atoms in total. The number of hydrogen-bond acceptors (Lipinski definition) is 2. The number of carbonyl (C=O) groups excluding carboxylic acids is 1. The minimum atomic E-state index is -0.872. The van der Waals surface area contributed by atoms with Crippen molar-refractivity contribution < 1.29 is 19.1 Å². The van der Waals surface area contributed by atoms with Crippen LogP contribution in [0.3, 0.4) is 0 Å². The van der Waals surface area contributed by atoms with Gasteiger partial charge in [0.15, 0.2) is 0 Å². The summed E-state index contributed by atoms with van der Waals surface area (Å²) in [6.45, 7) is 2.69. The van der Waals surface area contributed by atoms with Gasteiger partial charge in [0.2, 0.25) is 0 Å². The molecule has 2 heterocycles. The summed E-state index contributed by atoms with van der Waals surface area (Å²) >= 11 is 0. The normalized spacial score (nSPS) is 22.0. The Kier molecular flexibility index (Phi) is 3.60. The fourth-order valence-electron chi connectivity index (χ4n) is 3.09. The van der Waals surface area contributed by atoms with Gasteiger partial charge in [0.1, 0.15) is 11.5 Å². The van der Waals surface area contributed by atoms with Crippen LogP contribution in [0.25, 0.3) is 10.9 Å².